The van der Waals surface area contributed by atoms with E-state index < -0.39 is 0 Å². The minimum absolute atomic E-state index is 0.714. The minimum atomic E-state index is 0.714. The Morgan fingerprint density at radius 3 is 2.81 bits per heavy atom. The molecule has 0 radical (unpaired) electrons. The molecule has 16 heavy (non-hydrogen) atoms. The normalized spacial score (nSPS) is 15.3. The van der Waals surface area contributed by atoms with E-state index in [9.17, 15) is 0 Å². The van der Waals surface area contributed by atoms with E-state index in [2.05, 4.69) is 45.4 Å². The van der Waals surface area contributed by atoms with Gasteiger partial charge in [0.15, 0.2) is 0 Å². The molecule has 3 rings (SSSR count). The third-order valence-electron chi connectivity index (χ3n) is 2.94. The lowest BCUT2D eigenvalue weighted by molar-refractivity contribution is 0.398. The highest BCUT2D eigenvalue weighted by atomic mass is 79.9. The number of nitrogens with zero attached hydrogens (tertiary/aromatic N) is 1. The van der Waals surface area contributed by atoms with Gasteiger partial charge in [-0.15, -0.1) is 0 Å². The molecule has 0 atom stereocenters. The summed E-state index contributed by atoms with van der Waals surface area (Å²) < 4.78 is 5.23. The summed E-state index contributed by atoms with van der Waals surface area (Å²) in [5.41, 5.74) is 3.59. The number of rotatable bonds is 3. The molecule has 1 heterocycles. The minimum Gasteiger partial charge on any atom is -0.360 e. The molecule has 1 aromatic heterocycles. The van der Waals surface area contributed by atoms with E-state index in [1.165, 1.54) is 24.0 Å². The Morgan fingerprint density at radius 1 is 1.31 bits per heavy atom. The van der Waals surface area contributed by atoms with Crippen molar-refractivity contribution in [3.63, 3.8) is 0 Å². The van der Waals surface area contributed by atoms with Crippen molar-refractivity contribution in [3.8, 4) is 11.3 Å². The molecule has 0 amide bonds. The predicted octanol–water partition coefficient (Wildman–Crippen LogP) is 4.11. The summed E-state index contributed by atoms with van der Waals surface area (Å²) >= 11 is 3.37. The fourth-order valence-electron chi connectivity index (χ4n) is 1.98. The van der Waals surface area contributed by atoms with Crippen LogP contribution in [0.2, 0.25) is 0 Å². The van der Waals surface area contributed by atoms with Crippen molar-refractivity contribution in [1.29, 1.82) is 0 Å². The number of alkyl halides is 1. The maximum Gasteiger partial charge on any atom is 0.147 e. The molecule has 2 nitrogen and oxygen atoms in total. The van der Waals surface area contributed by atoms with Crippen molar-refractivity contribution in [3.05, 3.63) is 41.7 Å². The van der Waals surface area contributed by atoms with Gasteiger partial charge in [-0.25, -0.2) is 0 Å². The number of hydrogen-bond donors (Lipinski definition) is 0. The molecule has 1 fully saturated rings. The molecule has 82 valence electrons. The average molecular weight is 278 g/mol. The summed E-state index contributed by atoms with van der Waals surface area (Å²) in [6.45, 7) is 0. The van der Waals surface area contributed by atoms with E-state index in [0.29, 0.717) is 5.33 Å². The Kier molecular flexibility index (Phi) is 2.56. The highest BCUT2D eigenvalue weighted by molar-refractivity contribution is 9.08. The number of hydrogen-bond acceptors (Lipinski definition) is 2. The van der Waals surface area contributed by atoms with Gasteiger partial charge in [-0.3, -0.25) is 0 Å². The Bertz CT molecular complexity index is 502. The van der Waals surface area contributed by atoms with Gasteiger partial charge < -0.3 is 4.52 Å². The van der Waals surface area contributed by atoms with Crippen molar-refractivity contribution in [2.24, 2.45) is 0 Å². The maximum atomic E-state index is 5.23. The Balaban J connectivity index is 2.04. The molecule has 1 aromatic carbocycles. The monoisotopic (exact) mass is 277 g/mol. The lowest BCUT2D eigenvalue weighted by Gasteiger charge is -2.04. The fourth-order valence-corrected chi connectivity index (χ4v) is 2.25. The van der Waals surface area contributed by atoms with E-state index in [-0.39, 0.29) is 0 Å². The van der Waals surface area contributed by atoms with E-state index in [1.54, 1.807) is 0 Å². The van der Waals surface area contributed by atoms with Crippen molar-refractivity contribution in [2.45, 2.75) is 24.1 Å². The molecule has 0 unspecified atom stereocenters. The van der Waals surface area contributed by atoms with Crippen LogP contribution in [0.15, 0.2) is 34.9 Å². The van der Waals surface area contributed by atoms with Gasteiger partial charge >= 0.3 is 0 Å². The van der Waals surface area contributed by atoms with Crippen LogP contribution in [0.25, 0.3) is 11.3 Å². The zero-order valence-electron chi connectivity index (χ0n) is 8.82. The Morgan fingerprint density at radius 2 is 2.12 bits per heavy atom. The zero-order valence-corrected chi connectivity index (χ0v) is 10.4. The highest BCUT2D eigenvalue weighted by Gasteiger charge is 2.26. The first-order valence-electron chi connectivity index (χ1n) is 5.49. The van der Waals surface area contributed by atoms with Crippen LogP contribution in [0.5, 0.6) is 0 Å². The van der Waals surface area contributed by atoms with E-state index in [4.69, 9.17) is 4.52 Å². The van der Waals surface area contributed by atoms with Crippen LogP contribution in [-0.4, -0.2) is 5.16 Å². The first kappa shape index (κ1) is 10.1. The molecule has 3 heteroatoms. The lowest BCUT2D eigenvalue weighted by Crippen LogP contribution is -1.86. The predicted molar refractivity (Wildman–Crippen MR) is 66.5 cm³/mol. The van der Waals surface area contributed by atoms with Crippen LogP contribution in [0.3, 0.4) is 0 Å². The molecule has 0 saturated heterocycles. The molecule has 2 aromatic rings. The van der Waals surface area contributed by atoms with Crippen LogP contribution < -0.4 is 0 Å². The van der Waals surface area contributed by atoms with Crippen LogP contribution >= 0.6 is 15.9 Å². The SMILES string of the molecule is BrCc1cc(-c2ccccc2C2CC2)no1. The zero-order chi connectivity index (χ0) is 11.0. The van der Waals surface area contributed by atoms with Crippen LogP contribution in [-0.2, 0) is 5.33 Å². The molecule has 0 spiro atoms. The standard InChI is InChI=1S/C13H12BrNO/c14-8-10-7-13(15-16-10)12-4-2-1-3-11(12)9-5-6-9/h1-4,7,9H,5-6,8H2. The van der Waals surface area contributed by atoms with Crippen LogP contribution in [0, 0.1) is 0 Å². The van der Waals surface area contributed by atoms with Gasteiger partial charge in [0.1, 0.15) is 11.5 Å². The van der Waals surface area contributed by atoms with E-state index >= 15 is 0 Å². The molecule has 1 saturated carbocycles. The molecular weight excluding hydrogens is 266 g/mol. The second-order valence-corrected chi connectivity index (χ2v) is 4.73. The first-order valence-corrected chi connectivity index (χ1v) is 6.61. The average Bonchev–Trinajstić information content (AvgIpc) is 3.07. The van der Waals surface area contributed by atoms with Crippen molar-refractivity contribution < 1.29 is 4.52 Å². The molecular formula is C13H12BrNO. The molecule has 0 N–H and O–H groups in total. The third-order valence-corrected chi connectivity index (χ3v) is 3.50. The van der Waals surface area contributed by atoms with Gasteiger partial charge in [0.05, 0.1) is 5.33 Å². The Hall–Kier alpha value is -1.09. The third kappa shape index (κ3) is 1.80. The van der Waals surface area contributed by atoms with Crippen molar-refractivity contribution in [2.75, 3.05) is 0 Å². The molecule has 0 bridgehead atoms. The molecule has 1 aliphatic rings. The van der Waals surface area contributed by atoms with Crippen molar-refractivity contribution in [1.82, 2.24) is 5.16 Å². The van der Waals surface area contributed by atoms with Crippen LogP contribution in [0.1, 0.15) is 30.1 Å². The fraction of sp³-hybridized carbons (Fsp3) is 0.308. The number of halogens is 1. The lowest BCUT2D eigenvalue weighted by atomic mass is 10.0. The summed E-state index contributed by atoms with van der Waals surface area (Å²) in [6.07, 6.45) is 2.61. The summed E-state index contributed by atoms with van der Waals surface area (Å²) in [5, 5.41) is 4.84. The topological polar surface area (TPSA) is 26.0 Å². The van der Waals surface area contributed by atoms with Gasteiger partial charge in [-0.2, -0.15) is 0 Å². The smallest absolute Gasteiger partial charge is 0.147 e. The van der Waals surface area contributed by atoms with Gasteiger partial charge in [0.2, 0.25) is 0 Å². The maximum absolute atomic E-state index is 5.23. The second kappa shape index (κ2) is 4.06. The summed E-state index contributed by atoms with van der Waals surface area (Å²) in [4.78, 5) is 0. The quantitative estimate of drug-likeness (QED) is 0.789. The molecule has 1 aliphatic carbocycles. The Labute approximate surface area is 103 Å². The van der Waals surface area contributed by atoms with Gasteiger partial charge in [0.25, 0.3) is 0 Å². The van der Waals surface area contributed by atoms with Crippen LogP contribution in [0.4, 0.5) is 0 Å². The van der Waals surface area contributed by atoms with Gasteiger partial charge in [0, 0.05) is 11.6 Å². The van der Waals surface area contributed by atoms with Gasteiger partial charge in [-0.05, 0) is 24.3 Å². The summed E-state index contributed by atoms with van der Waals surface area (Å²) in [6, 6.07) is 10.5. The van der Waals surface area contributed by atoms with Crippen molar-refractivity contribution >= 4 is 15.9 Å². The summed E-state index contributed by atoms with van der Waals surface area (Å²) in [5.74, 6) is 1.61. The second-order valence-electron chi connectivity index (χ2n) is 4.17. The first-order chi connectivity index (χ1) is 7.88. The number of benzene rings is 1. The summed E-state index contributed by atoms with van der Waals surface area (Å²) in [7, 11) is 0. The molecule has 0 aliphatic heterocycles. The largest absolute Gasteiger partial charge is 0.360 e. The van der Waals surface area contributed by atoms with E-state index in [1.807, 2.05) is 6.07 Å². The van der Waals surface area contributed by atoms with E-state index in [0.717, 1.165) is 17.4 Å². The highest BCUT2D eigenvalue weighted by Crippen LogP contribution is 2.44. The number of aromatic nitrogens is 1. The van der Waals surface area contributed by atoms with Gasteiger partial charge in [-0.1, -0.05) is 45.4 Å².